The molecule has 5 heteroatoms. The smallest absolute Gasteiger partial charge is 0.326 e. The van der Waals surface area contributed by atoms with E-state index >= 15 is 0 Å². The number of rotatable bonds is 1. The van der Waals surface area contributed by atoms with Crippen LogP contribution in [-0.2, 0) is 4.79 Å². The predicted octanol–water partition coefficient (Wildman–Crippen LogP) is 1.92. The molecular weight excluding hydrogens is 244 g/mol. The molecule has 3 atom stereocenters. The Balaban J connectivity index is 1.74. The topological polar surface area (TPSA) is 60.9 Å². The molecule has 0 aromatic rings. The molecule has 0 spiro atoms. The molecule has 0 radical (unpaired) electrons. The lowest BCUT2D eigenvalue weighted by Crippen LogP contribution is -2.52. The van der Waals surface area contributed by atoms with Crippen molar-refractivity contribution in [3.8, 4) is 0 Å². The van der Waals surface area contributed by atoms with E-state index in [1.54, 1.807) is 4.90 Å². The normalized spacial score (nSPS) is 34.4. The minimum atomic E-state index is -0.848. The monoisotopic (exact) mass is 266 g/mol. The molecule has 3 rings (SSSR count). The number of carbonyl (C=O) groups is 2. The van der Waals surface area contributed by atoms with Crippen LogP contribution in [-0.4, -0.2) is 52.1 Å². The summed E-state index contributed by atoms with van der Waals surface area (Å²) in [7, 11) is 0. The van der Waals surface area contributed by atoms with Crippen LogP contribution >= 0.6 is 0 Å². The van der Waals surface area contributed by atoms with Gasteiger partial charge in [0.1, 0.15) is 6.04 Å². The Morgan fingerprint density at radius 1 is 1.00 bits per heavy atom. The van der Waals surface area contributed by atoms with Gasteiger partial charge in [0.15, 0.2) is 0 Å². The van der Waals surface area contributed by atoms with E-state index in [4.69, 9.17) is 0 Å². The van der Waals surface area contributed by atoms with Crippen LogP contribution in [0.5, 0.6) is 0 Å². The maximum absolute atomic E-state index is 12.6. The number of amides is 2. The molecule has 2 bridgehead atoms. The van der Waals surface area contributed by atoms with Gasteiger partial charge < -0.3 is 14.9 Å². The molecule has 1 N–H and O–H groups in total. The highest BCUT2D eigenvalue weighted by Gasteiger charge is 2.43. The lowest BCUT2D eigenvalue weighted by atomic mass is 10.1. The number of carboxylic acid groups (broad SMARTS) is 1. The molecule has 0 aromatic carbocycles. The van der Waals surface area contributed by atoms with Crippen LogP contribution in [0.3, 0.4) is 0 Å². The minimum Gasteiger partial charge on any atom is -0.480 e. The van der Waals surface area contributed by atoms with Gasteiger partial charge in [0.25, 0.3) is 0 Å². The summed E-state index contributed by atoms with van der Waals surface area (Å²) in [6.07, 6.45) is 6.92. The molecule has 0 aromatic heterocycles. The molecule has 2 amide bonds. The molecule has 19 heavy (non-hydrogen) atoms. The number of hydrogen-bond donors (Lipinski definition) is 1. The van der Waals surface area contributed by atoms with Gasteiger partial charge >= 0.3 is 12.0 Å². The van der Waals surface area contributed by atoms with Gasteiger partial charge in [-0.25, -0.2) is 9.59 Å². The van der Waals surface area contributed by atoms with Crippen LogP contribution in [0.15, 0.2) is 0 Å². The van der Waals surface area contributed by atoms with E-state index in [0.29, 0.717) is 24.9 Å². The van der Waals surface area contributed by atoms with Crippen molar-refractivity contribution in [2.24, 2.45) is 5.92 Å². The summed E-state index contributed by atoms with van der Waals surface area (Å²) in [5.41, 5.74) is 0. The molecule has 1 aliphatic carbocycles. The first-order chi connectivity index (χ1) is 9.16. The van der Waals surface area contributed by atoms with E-state index in [9.17, 15) is 14.7 Å². The minimum absolute atomic E-state index is 0.0264. The number of likely N-dealkylation sites (tertiary alicyclic amines) is 2. The third-order valence-corrected chi connectivity index (χ3v) is 4.94. The van der Waals surface area contributed by atoms with Gasteiger partial charge in [0.2, 0.25) is 0 Å². The van der Waals surface area contributed by atoms with Gasteiger partial charge in [0, 0.05) is 19.1 Å². The van der Waals surface area contributed by atoms with Crippen molar-refractivity contribution in [2.45, 2.75) is 57.0 Å². The standard InChI is InChI=1S/C14H22N2O3/c17-13(18)12-4-2-1-3-7-15(12)14(19)16-9-10-5-6-11(16)8-10/h10-12H,1-9H2,(H,17,18). The highest BCUT2D eigenvalue weighted by molar-refractivity contribution is 5.83. The largest absolute Gasteiger partial charge is 0.480 e. The zero-order valence-corrected chi connectivity index (χ0v) is 11.3. The Morgan fingerprint density at radius 2 is 1.84 bits per heavy atom. The lowest BCUT2D eigenvalue weighted by molar-refractivity contribution is -0.142. The predicted molar refractivity (Wildman–Crippen MR) is 69.8 cm³/mol. The number of piperidine rings is 1. The van der Waals surface area contributed by atoms with Crippen molar-refractivity contribution in [1.82, 2.24) is 9.80 Å². The van der Waals surface area contributed by atoms with E-state index in [2.05, 4.69) is 0 Å². The van der Waals surface area contributed by atoms with Crippen LogP contribution in [0.1, 0.15) is 44.9 Å². The van der Waals surface area contributed by atoms with Gasteiger partial charge in [-0.05, 0) is 38.0 Å². The Kier molecular flexibility index (Phi) is 3.37. The number of carboxylic acids is 1. The van der Waals surface area contributed by atoms with Gasteiger partial charge in [-0.1, -0.05) is 12.8 Å². The third kappa shape index (κ3) is 2.30. The number of aliphatic carboxylic acids is 1. The molecule has 3 fully saturated rings. The molecule has 2 heterocycles. The zero-order chi connectivity index (χ0) is 13.4. The van der Waals surface area contributed by atoms with E-state index in [-0.39, 0.29) is 6.03 Å². The highest BCUT2D eigenvalue weighted by Crippen LogP contribution is 2.38. The quantitative estimate of drug-likeness (QED) is 0.788. The SMILES string of the molecule is O=C(O)C1CCCCCN1C(=O)N1CC2CCC1C2. The average molecular weight is 266 g/mol. The summed E-state index contributed by atoms with van der Waals surface area (Å²) in [4.78, 5) is 27.6. The zero-order valence-electron chi connectivity index (χ0n) is 11.3. The van der Waals surface area contributed by atoms with Crippen molar-refractivity contribution >= 4 is 12.0 Å². The fourth-order valence-electron chi connectivity index (χ4n) is 3.92. The highest BCUT2D eigenvalue weighted by atomic mass is 16.4. The maximum atomic E-state index is 12.6. The molecule has 1 saturated carbocycles. The van der Waals surface area contributed by atoms with Crippen molar-refractivity contribution in [1.29, 1.82) is 0 Å². The summed E-state index contributed by atoms with van der Waals surface area (Å²) in [6.45, 7) is 1.44. The molecule has 5 nitrogen and oxygen atoms in total. The molecule has 2 aliphatic heterocycles. The van der Waals surface area contributed by atoms with Gasteiger partial charge in [-0.15, -0.1) is 0 Å². The summed E-state index contributed by atoms with van der Waals surface area (Å²) < 4.78 is 0. The number of nitrogens with zero attached hydrogens (tertiary/aromatic N) is 2. The summed E-state index contributed by atoms with van der Waals surface area (Å²) in [6, 6.07) is -0.272. The van der Waals surface area contributed by atoms with Crippen molar-refractivity contribution in [2.75, 3.05) is 13.1 Å². The average Bonchev–Trinajstić information content (AvgIpc) is 2.92. The second kappa shape index (κ2) is 5.02. The van der Waals surface area contributed by atoms with Gasteiger partial charge in [0.05, 0.1) is 0 Å². The van der Waals surface area contributed by atoms with E-state index in [1.165, 1.54) is 6.42 Å². The molecule has 3 unspecified atom stereocenters. The second-order valence-electron chi connectivity index (χ2n) is 6.16. The third-order valence-electron chi connectivity index (χ3n) is 4.94. The molecular formula is C14H22N2O3. The van der Waals surface area contributed by atoms with Gasteiger partial charge in [-0.2, -0.15) is 0 Å². The fourth-order valence-corrected chi connectivity index (χ4v) is 3.92. The Bertz CT molecular complexity index is 385. The van der Waals surface area contributed by atoms with Crippen LogP contribution in [0, 0.1) is 5.92 Å². The number of fused-ring (bicyclic) bond motifs is 2. The Hall–Kier alpha value is -1.26. The first kappa shape index (κ1) is 12.8. The number of urea groups is 1. The van der Waals surface area contributed by atoms with Crippen LogP contribution < -0.4 is 0 Å². The van der Waals surface area contributed by atoms with Gasteiger partial charge in [-0.3, -0.25) is 0 Å². The Morgan fingerprint density at radius 3 is 2.47 bits per heavy atom. The van der Waals surface area contributed by atoms with Crippen LogP contribution in [0.25, 0.3) is 0 Å². The second-order valence-corrected chi connectivity index (χ2v) is 6.16. The molecule has 3 aliphatic rings. The van der Waals surface area contributed by atoms with Crippen molar-refractivity contribution < 1.29 is 14.7 Å². The summed E-state index contributed by atoms with van der Waals surface area (Å²) in [5.74, 6) is -0.191. The van der Waals surface area contributed by atoms with E-state index in [1.807, 2.05) is 4.90 Å². The molecule has 2 saturated heterocycles. The number of hydrogen-bond acceptors (Lipinski definition) is 2. The first-order valence-electron chi connectivity index (χ1n) is 7.47. The van der Waals surface area contributed by atoms with Crippen LogP contribution in [0.2, 0.25) is 0 Å². The number of carbonyl (C=O) groups excluding carboxylic acids is 1. The maximum Gasteiger partial charge on any atom is 0.326 e. The van der Waals surface area contributed by atoms with Crippen molar-refractivity contribution in [3.05, 3.63) is 0 Å². The van der Waals surface area contributed by atoms with Crippen molar-refractivity contribution in [3.63, 3.8) is 0 Å². The van der Waals surface area contributed by atoms with Crippen LogP contribution in [0.4, 0.5) is 4.79 Å². The summed E-state index contributed by atoms with van der Waals surface area (Å²) in [5, 5.41) is 9.34. The summed E-state index contributed by atoms with van der Waals surface area (Å²) >= 11 is 0. The van der Waals surface area contributed by atoms with E-state index in [0.717, 1.165) is 38.6 Å². The lowest BCUT2D eigenvalue weighted by Gasteiger charge is -2.35. The first-order valence-corrected chi connectivity index (χ1v) is 7.47. The Labute approximate surface area is 113 Å². The molecule has 106 valence electrons. The van der Waals surface area contributed by atoms with E-state index < -0.39 is 12.0 Å². The fraction of sp³-hybridized carbons (Fsp3) is 0.857.